The van der Waals surface area contributed by atoms with Gasteiger partial charge in [-0.3, -0.25) is 9.59 Å². The molecule has 2 aromatic carbocycles. The van der Waals surface area contributed by atoms with Crippen LogP contribution in [0.5, 0.6) is 11.5 Å². The summed E-state index contributed by atoms with van der Waals surface area (Å²) in [7, 11) is 0. The summed E-state index contributed by atoms with van der Waals surface area (Å²) in [6.07, 6.45) is 0.182. The maximum absolute atomic E-state index is 12.3. The quantitative estimate of drug-likeness (QED) is 0.818. The van der Waals surface area contributed by atoms with Crippen molar-refractivity contribution in [1.29, 1.82) is 0 Å². The van der Waals surface area contributed by atoms with E-state index in [0.29, 0.717) is 36.1 Å². The summed E-state index contributed by atoms with van der Waals surface area (Å²) in [6.45, 7) is 2.45. The summed E-state index contributed by atoms with van der Waals surface area (Å²) >= 11 is 3.47. The lowest BCUT2D eigenvalue weighted by atomic mass is 10.1. The van der Waals surface area contributed by atoms with Gasteiger partial charge in [-0.05, 0) is 35.9 Å². The summed E-state index contributed by atoms with van der Waals surface area (Å²) in [5, 5.41) is 5.51. The zero-order valence-electron chi connectivity index (χ0n) is 13.6. The molecule has 3 rings (SSSR count). The van der Waals surface area contributed by atoms with E-state index >= 15 is 0 Å². The number of amides is 2. The average Bonchev–Trinajstić information content (AvgIpc) is 2.55. The largest absolute Gasteiger partial charge is 0.486 e. The van der Waals surface area contributed by atoms with Gasteiger partial charge in [-0.1, -0.05) is 22.0 Å². The summed E-state index contributed by atoms with van der Waals surface area (Å²) < 4.78 is 11.9. The van der Waals surface area contributed by atoms with Gasteiger partial charge in [0.05, 0.1) is 6.42 Å². The fraction of sp³-hybridized carbons (Fsp3) is 0.222. The molecule has 1 aliphatic rings. The van der Waals surface area contributed by atoms with Gasteiger partial charge in [0.15, 0.2) is 11.5 Å². The van der Waals surface area contributed by atoms with Crippen molar-refractivity contribution in [3.63, 3.8) is 0 Å². The molecule has 0 fully saturated rings. The van der Waals surface area contributed by atoms with Crippen molar-refractivity contribution in [2.24, 2.45) is 0 Å². The number of anilines is 2. The zero-order chi connectivity index (χ0) is 17.8. The molecule has 0 aliphatic carbocycles. The van der Waals surface area contributed by atoms with E-state index in [1.807, 2.05) is 12.1 Å². The highest BCUT2D eigenvalue weighted by molar-refractivity contribution is 9.10. The van der Waals surface area contributed by atoms with Crippen molar-refractivity contribution in [1.82, 2.24) is 0 Å². The van der Waals surface area contributed by atoms with Crippen molar-refractivity contribution in [2.45, 2.75) is 13.3 Å². The van der Waals surface area contributed by atoms with E-state index in [2.05, 4.69) is 26.6 Å². The molecule has 0 aromatic heterocycles. The minimum atomic E-state index is -0.169. The van der Waals surface area contributed by atoms with Crippen LogP contribution >= 0.6 is 15.9 Å². The molecule has 0 atom stereocenters. The van der Waals surface area contributed by atoms with Crippen molar-refractivity contribution in [3.8, 4) is 11.5 Å². The smallest absolute Gasteiger partial charge is 0.228 e. The van der Waals surface area contributed by atoms with Crippen LogP contribution in [0.1, 0.15) is 12.5 Å². The summed E-state index contributed by atoms with van der Waals surface area (Å²) in [4.78, 5) is 23.5. The van der Waals surface area contributed by atoms with Gasteiger partial charge in [0.1, 0.15) is 13.2 Å². The van der Waals surface area contributed by atoms with Crippen LogP contribution in [0.4, 0.5) is 11.4 Å². The molecule has 2 aromatic rings. The van der Waals surface area contributed by atoms with E-state index in [-0.39, 0.29) is 18.2 Å². The van der Waals surface area contributed by atoms with Gasteiger partial charge in [-0.25, -0.2) is 0 Å². The van der Waals surface area contributed by atoms with Gasteiger partial charge in [-0.2, -0.15) is 0 Å². The Labute approximate surface area is 153 Å². The minimum absolute atomic E-state index is 0.163. The van der Waals surface area contributed by atoms with E-state index in [1.54, 1.807) is 24.3 Å². The highest BCUT2D eigenvalue weighted by Gasteiger charge is 2.16. The Hall–Kier alpha value is -2.54. The number of benzene rings is 2. The summed E-state index contributed by atoms with van der Waals surface area (Å²) in [5.74, 6) is 0.983. The first-order valence-electron chi connectivity index (χ1n) is 7.77. The molecule has 0 bridgehead atoms. The van der Waals surface area contributed by atoms with Crippen molar-refractivity contribution in [3.05, 3.63) is 46.4 Å². The number of halogens is 1. The van der Waals surface area contributed by atoms with E-state index in [9.17, 15) is 9.59 Å². The van der Waals surface area contributed by atoms with Gasteiger partial charge in [0.25, 0.3) is 0 Å². The minimum Gasteiger partial charge on any atom is -0.486 e. The third-order valence-electron chi connectivity index (χ3n) is 3.53. The Morgan fingerprint density at radius 3 is 2.36 bits per heavy atom. The lowest BCUT2D eigenvalue weighted by molar-refractivity contribution is -0.116. The number of carbonyl (C=O) groups excluding carboxylic acids is 2. The number of fused-ring (bicyclic) bond motifs is 1. The van der Waals surface area contributed by atoms with Crippen LogP contribution in [0.3, 0.4) is 0 Å². The van der Waals surface area contributed by atoms with Gasteiger partial charge in [0.2, 0.25) is 11.8 Å². The van der Waals surface area contributed by atoms with Crippen LogP contribution < -0.4 is 20.1 Å². The second-order valence-corrected chi connectivity index (χ2v) is 6.43. The van der Waals surface area contributed by atoms with E-state index in [1.165, 1.54) is 6.92 Å². The van der Waals surface area contributed by atoms with E-state index < -0.39 is 0 Å². The van der Waals surface area contributed by atoms with Crippen LogP contribution in [-0.2, 0) is 16.0 Å². The molecule has 0 saturated carbocycles. The normalized spacial score (nSPS) is 12.4. The topological polar surface area (TPSA) is 76.7 Å². The standard InChI is InChI=1S/C18H17BrN2O4/c1-11(22)20-13-3-2-4-14(9-13)21-18(23)8-12-7-16-17(10-15(12)19)25-6-5-24-16/h2-4,7,9-10H,5-6,8H2,1H3,(H,20,22)(H,21,23). The first-order chi connectivity index (χ1) is 12.0. The molecule has 0 unspecified atom stereocenters. The maximum atomic E-state index is 12.3. The Morgan fingerprint density at radius 2 is 1.68 bits per heavy atom. The number of hydrogen-bond acceptors (Lipinski definition) is 4. The second-order valence-electron chi connectivity index (χ2n) is 5.57. The molecule has 0 spiro atoms. The monoisotopic (exact) mass is 404 g/mol. The van der Waals surface area contributed by atoms with Gasteiger partial charge in [-0.15, -0.1) is 0 Å². The Bertz CT molecular complexity index is 823. The fourth-order valence-corrected chi connectivity index (χ4v) is 2.96. The predicted molar refractivity (Wildman–Crippen MR) is 98.2 cm³/mol. The van der Waals surface area contributed by atoms with Crippen LogP contribution in [0.15, 0.2) is 40.9 Å². The molecule has 6 nitrogen and oxygen atoms in total. The number of carbonyl (C=O) groups is 2. The third kappa shape index (κ3) is 4.51. The predicted octanol–water partition coefficient (Wildman–Crippen LogP) is 3.36. The van der Waals surface area contributed by atoms with Crippen LogP contribution in [0.2, 0.25) is 0 Å². The number of rotatable bonds is 4. The average molecular weight is 405 g/mol. The Balaban J connectivity index is 1.69. The van der Waals surface area contributed by atoms with Gasteiger partial charge in [0, 0.05) is 22.8 Å². The number of nitrogens with one attached hydrogen (secondary N) is 2. The number of ether oxygens (including phenoxy) is 2. The van der Waals surface area contributed by atoms with E-state index in [4.69, 9.17) is 9.47 Å². The first-order valence-corrected chi connectivity index (χ1v) is 8.56. The maximum Gasteiger partial charge on any atom is 0.228 e. The van der Waals surface area contributed by atoms with Gasteiger partial charge >= 0.3 is 0 Å². The molecule has 7 heteroatoms. The molecule has 2 N–H and O–H groups in total. The Kier molecular flexibility index (Phi) is 5.23. The second kappa shape index (κ2) is 7.57. The first kappa shape index (κ1) is 17.3. The Morgan fingerprint density at radius 1 is 1.04 bits per heavy atom. The lowest BCUT2D eigenvalue weighted by Crippen LogP contribution is -2.17. The summed E-state index contributed by atoms with van der Waals surface area (Å²) in [6, 6.07) is 10.6. The van der Waals surface area contributed by atoms with Crippen LogP contribution in [0, 0.1) is 0 Å². The molecular weight excluding hydrogens is 388 g/mol. The fourth-order valence-electron chi connectivity index (χ4n) is 2.50. The van der Waals surface area contributed by atoms with Crippen molar-refractivity contribution >= 4 is 39.1 Å². The van der Waals surface area contributed by atoms with Crippen molar-refractivity contribution < 1.29 is 19.1 Å². The zero-order valence-corrected chi connectivity index (χ0v) is 15.2. The molecule has 1 aliphatic heterocycles. The molecule has 130 valence electrons. The summed E-state index contributed by atoms with van der Waals surface area (Å²) in [5.41, 5.74) is 2.05. The molecule has 0 saturated heterocycles. The van der Waals surface area contributed by atoms with Crippen LogP contribution in [-0.4, -0.2) is 25.0 Å². The van der Waals surface area contributed by atoms with Crippen molar-refractivity contribution in [2.75, 3.05) is 23.8 Å². The lowest BCUT2D eigenvalue weighted by Gasteiger charge is -2.19. The SMILES string of the molecule is CC(=O)Nc1cccc(NC(=O)Cc2cc3c(cc2Br)OCCO3)c1. The number of hydrogen-bond donors (Lipinski definition) is 2. The highest BCUT2D eigenvalue weighted by atomic mass is 79.9. The molecule has 25 heavy (non-hydrogen) atoms. The molecule has 2 amide bonds. The molecule has 0 radical (unpaired) electrons. The molecule has 1 heterocycles. The highest BCUT2D eigenvalue weighted by Crippen LogP contribution is 2.35. The van der Waals surface area contributed by atoms with Gasteiger partial charge < -0.3 is 20.1 Å². The van der Waals surface area contributed by atoms with Crippen LogP contribution in [0.25, 0.3) is 0 Å². The van der Waals surface area contributed by atoms with E-state index in [0.717, 1.165) is 10.0 Å². The molecular formula is C18H17BrN2O4. The third-order valence-corrected chi connectivity index (χ3v) is 4.27.